The van der Waals surface area contributed by atoms with Gasteiger partial charge in [0.1, 0.15) is 6.61 Å². The lowest BCUT2D eigenvalue weighted by Gasteiger charge is -2.12. The van der Waals surface area contributed by atoms with Crippen LogP contribution >= 0.6 is 0 Å². The lowest BCUT2D eigenvalue weighted by Crippen LogP contribution is -2.11. The van der Waals surface area contributed by atoms with Crippen LogP contribution in [0.5, 0.6) is 0 Å². The first-order chi connectivity index (χ1) is 7.18. The molecular weight excluding hydrogens is 192 g/mol. The van der Waals surface area contributed by atoms with Gasteiger partial charge in [-0.3, -0.25) is 4.79 Å². The smallest absolute Gasteiger partial charge is 0.302 e. The molecule has 0 aromatic rings. The average Bonchev–Trinajstić information content (AvgIpc) is 2.27. The third-order valence-corrected chi connectivity index (χ3v) is 2.63. The molecular formula is C12H20O3. The molecule has 0 saturated carbocycles. The van der Waals surface area contributed by atoms with E-state index in [0.29, 0.717) is 13.0 Å². The molecule has 15 heavy (non-hydrogen) atoms. The van der Waals surface area contributed by atoms with Crippen LogP contribution in [0.25, 0.3) is 0 Å². The first-order valence-electron chi connectivity index (χ1n) is 5.68. The third-order valence-electron chi connectivity index (χ3n) is 2.63. The first kappa shape index (κ1) is 12.2. The number of rotatable bonds is 2. The Morgan fingerprint density at radius 2 is 2.33 bits per heavy atom. The monoisotopic (exact) mass is 212 g/mol. The topological polar surface area (TPSA) is 46.5 Å². The van der Waals surface area contributed by atoms with Gasteiger partial charge in [-0.25, -0.2) is 0 Å². The molecule has 0 aliphatic heterocycles. The summed E-state index contributed by atoms with van der Waals surface area (Å²) in [5, 5.41) is 9.69. The molecule has 1 N–H and O–H groups in total. The van der Waals surface area contributed by atoms with E-state index < -0.39 is 0 Å². The molecule has 0 saturated heterocycles. The second-order valence-electron chi connectivity index (χ2n) is 4.14. The second kappa shape index (κ2) is 6.62. The van der Waals surface area contributed by atoms with Crippen molar-refractivity contribution in [3.05, 3.63) is 11.6 Å². The Balaban J connectivity index is 2.45. The Labute approximate surface area is 91.1 Å². The molecule has 1 aliphatic rings. The van der Waals surface area contributed by atoms with Gasteiger partial charge >= 0.3 is 5.97 Å². The highest BCUT2D eigenvalue weighted by Crippen LogP contribution is 2.17. The molecule has 86 valence electrons. The van der Waals surface area contributed by atoms with Crippen LogP contribution in [0.15, 0.2) is 11.6 Å². The van der Waals surface area contributed by atoms with E-state index in [-0.39, 0.29) is 12.1 Å². The number of carbonyl (C=O) groups excluding carboxylic acids is 1. The van der Waals surface area contributed by atoms with E-state index in [0.717, 1.165) is 31.3 Å². The molecule has 0 radical (unpaired) electrons. The van der Waals surface area contributed by atoms with Crippen LogP contribution in [0.3, 0.4) is 0 Å². The van der Waals surface area contributed by atoms with Crippen LogP contribution in [0.2, 0.25) is 0 Å². The number of hydrogen-bond donors (Lipinski definition) is 1. The number of carbonyl (C=O) groups is 1. The van der Waals surface area contributed by atoms with Crippen LogP contribution in [0.1, 0.15) is 45.4 Å². The zero-order chi connectivity index (χ0) is 11.1. The standard InChI is InChI=1S/C12H20O3/c1-10(13)15-9-11-6-4-2-3-5-7-12(14)8-11/h6,12,14H,2-5,7-9H2,1H3. The fourth-order valence-corrected chi connectivity index (χ4v) is 1.81. The quantitative estimate of drug-likeness (QED) is 0.563. The van der Waals surface area contributed by atoms with Gasteiger partial charge in [0.25, 0.3) is 0 Å². The Hall–Kier alpha value is -0.830. The van der Waals surface area contributed by atoms with Crippen molar-refractivity contribution in [1.82, 2.24) is 0 Å². The molecule has 1 rings (SSSR count). The Bertz CT molecular complexity index is 233. The zero-order valence-electron chi connectivity index (χ0n) is 9.37. The summed E-state index contributed by atoms with van der Waals surface area (Å²) >= 11 is 0. The summed E-state index contributed by atoms with van der Waals surface area (Å²) in [6.45, 7) is 1.75. The number of esters is 1. The van der Waals surface area contributed by atoms with Gasteiger partial charge in [-0.05, 0) is 31.3 Å². The molecule has 0 aromatic carbocycles. The molecule has 3 heteroatoms. The predicted octanol–water partition coefficient (Wildman–Crippen LogP) is 2.19. The van der Waals surface area contributed by atoms with Gasteiger partial charge in [-0.1, -0.05) is 18.9 Å². The average molecular weight is 212 g/mol. The summed E-state index contributed by atoms with van der Waals surface area (Å²) in [6.07, 6.45) is 7.80. The molecule has 0 fully saturated rings. The van der Waals surface area contributed by atoms with Crippen molar-refractivity contribution in [2.24, 2.45) is 0 Å². The maximum Gasteiger partial charge on any atom is 0.302 e. The Morgan fingerprint density at radius 1 is 1.53 bits per heavy atom. The Kier molecular flexibility index (Phi) is 5.40. The van der Waals surface area contributed by atoms with Gasteiger partial charge in [0.2, 0.25) is 0 Å². The number of aliphatic hydroxyl groups excluding tert-OH is 1. The summed E-state index contributed by atoms with van der Waals surface area (Å²) in [5.74, 6) is -0.259. The van der Waals surface area contributed by atoms with Crippen molar-refractivity contribution in [3.8, 4) is 0 Å². The van der Waals surface area contributed by atoms with Crippen LogP contribution in [-0.2, 0) is 9.53 Å². The molecule has 0 amide bonds. The van der Waals surface area contributed by atoms with E-state index in [4.69, 9.17) is 4.74 Å². The Morgan fingerprint density at radius 3 is 3.07 bits per heavy atom. The van der Waals surface area contributed by atoms with Gasteiger partial charge in [-0.2, -0.15) is 0 Å². The first-order valence-corrected chi connectivity index (χ1v) is 5.68. The molecule has 0 aromatic heterocycles. The number of aliphatic hydroxyl groups is 1. The molecule has 0 heterocycles. The van der Waals surface area contributed by atoms with Crippen LogP contribution in [-0.4, -0.2) is 23.8 Å². The van der Waals surface area contributed by atoms with Gasteiger partial charge in [0.15, 0.2) is 0 Å². The van der Waals surface area contributed by atoms with Crippen molar-refractivity contribution in [2.75, 3.05) is 6.61 Å². The van der Waals surface area contributed by atoms with Crippen LogP contribution < -0.4 is 0 Å². The molecule has 1 unspecified atom stereocenters. The fourth-order valence-electron chi connectivity index (χ4n) is 1.81. The predicted molar refractivity (Wildman–Crippen MR) is 58.4 cm³/mol. The van der Waals surface area contributed by atoms with Gasteiger partial charge in [0, 0.05) is 6.92 Å². The van der Waals surface area contributed by atoms with Crippen molar-refractivity contribution < 1.29 is 14.6 Å². The van der Waals surface area contributed by atoms with Crippen LogP contribution in [0, 0.1) is 0 Å². The minimum atomic E-state index is -0.273. The lowest BCUT2D eigenvalue weighted by molar-refractivity contribution is -0.140. The van der Waals surface area contributed by atoms with E-state index >= 15 is 0 Å². The number of ether oxygens (including phenoxy) is 1. The highest BCUT2D eigenvalue weighted by molar-refractivity contribution is 5.66. The molecule has 0 bridgehead atoms. The highest BCUT2D eigenvalue weighted by Gasteiger charge is 2.10. The summed E-state index contributed by atoms with van der Waals surface area (Å²) in [4.78, 5) is 10.7. The van der Waals surface area contributed by atoms with Gasteiger partial charge in [-0.15, -0.1) is 0 Å². The van der Waals surface area contributed by atoms with Crippen LogP contribution in [0.4, 0.5) is 0 Å². The maximum absolute atomic E-state index is 10.7. The third kappa shape index (κ3) is 5.57. The minimum Gasteiger partial charge on any atom is -0.461 e. The number of hydrogen-bond acceptors (Lipinski definition) is 3. The van der Waals surface area contributed by atoms with E-state index in [1.807, 2.05) is 0 Å². The van der Waals surface area contributed by atoms with E-state index in [1.54, 1.807) is 0 Å². The van der Waals surface area contributed by atoms with Crippen molar-refractivity contribution in [3.63, 3.8) is 0 Å². The summed E-state index contributed by atoms with van der Waals surface area (Å²) in [7, 11) is 0. The van der Waals surface area contributed by atoms with E-state index in [1.165, 1.54) is 13.3 Å². The van der Waals surface area contributed by atoms with Crippen molar-refractivity contribution in [2.45, 2.75) is 51.6 Å². The molecule has 0 spiro atoms. The summed E-state index contributed by atoms with van der Waals surface area (Å²) in [5.41, 5.74) is 1.06. The number of allylic oxidation sites excluding steroid dienone is 1. The van der Waals surface area contributed by atoms with E-state index in [9.17, 15) is 9.90 Å². The largest absolute Gasteiger partial charge is 0.461 e. The summed E-state index contributed by atoms with van der Waals surface area (Å²) < 4.78 is 4.95. The van der Waals surface area contributed by atoms with Crippen molar-refractivity contribution in [1.29, 1.82) is 0 Å². The highest BCUT2D eigenvalue weighted by atomic mass is 16.5. The summed E-state index contributed by atoms with van der Waals surface area (Å²) in [6, 6.07) is 0. The zero-order valence-corrected chi connectivity index (χ0v) is 9.37. The molecule has 3 nitrogen and oxygen atoms in total. The van der Waals surface area contributed by atoms with Gasteiger partial charge < -0.3 is 9.84 Å². The second-order valence-corrected chi connectivity index (χ2v) is 4.14. The fraction of sp³-hybridized carbons (Fsp3) is 0.750. The SMILES string of the molecule is CC(=O)OCC1=CCCCCCC(O)C1. The van der Waals surface area contributed by atoms with E-state index in [2.05, 4.69) is 6.08 Å². The maximum atomic E-state index is 10.7. The minimum absolute atomic E-state index is 0.259. The van der Waals surface area contributed by atoms with Gasteiger partial charge in [0.05, 0.1) is 6.10 Å². The van der Waals surface area contributed by atoms with Crippen molar-refractivity contribution >= 4 is 5.97 Å². The lowest BCUT2D eigenvalue weighted by atomic mass is 10.1. The molecule has 1 aliphatic carbocycles. The normalized spacial score (nSPS) is 23.3. The molecule has 1 atom stereocenters.